The van der Waals surface area contributed by atoms with E-state index < -0.39 is 29.7 Å². The molecule has 3 atom stereocenters. The molecule has 0 aliphatic carbocycles. The summed E-state index contributed by atoms with van der Waals surface area (Å²) >= 11 is 1.80. The molecule has 2 rings (SSSR count). The van der Waals surface area contributed by atoms with Crippen molar-refractivity contribution < 1.29 is 14.9 Å². The lowest BCUT2D eigenvalue weighted by molar-refractivity contribution is -0.0459. The predicted octanol–water partition coefficient (Wildman–Crippen LogP) is -1.22. The van der Waals surface area contributed by atoms with E-state index in [1.165, 1.54) is 10.8 Å². The van der Waals surface area contributed by atoms with Gasteiger partial charge >= 0.3 is 5.69 Å². The van der Waals surface area contributed by atoms with Crippen LogP contribution in [-0.4, -0.2) is 38.6 Å². The van der Waals surface area contributed by atoms with Crippen LogP contribution < -0.4 is 11.2 Å². The molecule has 7 nitrogen and oxygen atoms in total. The second kappa shape index (κ2) is 4.88. The van der Waals surface area contributed by atoms with Gasteiger partial charge in [0.1, 0.15) is 12.3 Å². The molecule has 0 spiro atoms. The van der Waals surface area contributed by atoms with Gasteiger partial charge < -0.3 is 14.9 Å². The zero-order valence-corrected chi connectivity index (χ0v) is 10.8. The number of halogens is 1. The fourth-order valence-electron chi connectivity index (χ4n) is 1.72. The van der Waals surface area contributed by atoms with E-state index in [-0.39, 0.29) is 13.0 Å². The van der Waals surface area contributed by atoms with Crippen molar-refractivity contribution in [1.29, 1.82) is 0 Å². The molecule has 94 valence electrons. The van der Waals surface area contributed by atoms with Gasteiger partial charge in [-0.2, -0.15) is 0 Å². The molecule has 17 heavy (non-hydrogen) atoms. The molecule has 2 heterocycles. The van der Waals surface area contributed by atoms with E-state index in [4.69, 9.17) is 9.84 Å². The molecule has 0 bridgehead atoms. The molecule has 3 N–H and O–H groups in total. The molecule has 1 aliphatic heterocycles. The lowest BCUT2D eigenvalue weighted by Gasteiger charge is -2.14. The Bertz CT molecular complexity index is 525. The second-order valence-electron chi connectivity index (χ2n) is 3.76. The molecule has 0 radical (unpaired) electrons. The number of aromatic nitrogens is 2. The van der Waals surface area contributed by atoms with E-state index >= 15 is 0 Å². The highest BCUT2D eigenvalue weighted by Crippen LogP contribution is 2.27. The summed E-state index contributed by atoms with van der Waals surface area (Å²) in [6.45, 7) is -0.313. The summed E-state index contributed by atoms with van der Waals surface area (Å²) in [6.07, 6.45) is -0.607. The Morgan fingerprint density at radius 2 is 2.29 bits per heavy atom. The Hall–Kier alpha value is -0.710. The number of aliphatic hydroxyl groups excluding tert-OH is 2. The number of nitrogens with zero attached hydrogens (tertiary/aromatic N) is 1. The van der Waals surface area contributed by atoms with Crippen molar-refractivity contribution in [1.82, 2.24) is 9.55 Å². The first-order valence-electron chi connectivity index (χ1n) is 4.98. The minimum absolute atomic E-state index is 0.202. The third-order valence-electron chi connectivity index (χ3n) is 2.62. The first kappa shape index (κ1) is 12.7. The fraction of sp³-hybridized carbons (Fsp3) is 0.556. The van der Waals surface area contributed by atoms with E-state index in [2.05, 4.69) is 4.98 Å². The summed E-state index contributed by atoms with van der Waals surface area (Å²) < 4.78 is 6.89. The monoisotopic (exact) mass is 354 g/mol. The molecule has 0 unspecified atom stereocenters. The second-order valence-corrected chi connectivity index (χ2v) is 4.92. The summed E-state index contributed by atoms with van der Waals surface area (Å²) in [7, 11) is 0. The lowest BCUT2D eigenvalue weighted by Crippen LogP contribution is -2.33. The van der Waals surface area contributed by atoms with E-state index in [0.717, 1.165) is 0 Å². The molecule has 1 fully saturated rings. The zero-order valence-electron chi connectivity index (χ0n) is 8.67. The maximum atomic E-state index is 11.6. The van der Waals surface area contributed by atoms with Crippen molar-refractivity contribution in [2.75, 3.05) is 6.61 Å². The van der Waals surface area contributed by atoms with Gasteiger partial charge in [-0.25, -0.2) is 4.79 Å². The summed E-state index contributed by atoms with van der Waals surface area (Å²) in [5, 5.41) is 18.5. The number of aliphatic hydroxyl groups is 2. The minimum atomic E-state index is -0.818. The summed E-state index contributed by atoms with van der Waals surface area (Å²) in [5.74, 6) is 0. The van der Waals surface area contributed by atoms with E-state index in [1.807, 2.05) is 0 Å². The van der Waals surface area contributed by atoms with Gasteiger partial charge in [0.2, 0.25) is 0 Å². The van der Waals surface area contributed by atoms with Gasteiger partial charge in [-0.05, 0) is 22.6 Å². The quantitative estimate of drug-likeness (QED) is 0.578. The largest absolute Gasteiger partial charge is 0.394 e. The zero-order chi connectivity index (χ0) is 12.6. The van der Waals surface area contributed by atoms with Gasteiger partial charge in [-0.15, -0.1) is 0 Å². The summed E-state index contributed by atoms with van der Waals surface area (Å²) in [6, 6.07) is 0. The van der Waals surface area contributed by atoms with Crippen LogP contribution in [0.25, 0.3) is 0 Å². The van der Waals surface area contributed by atoms with Gasteiger partial charge in [0, 0.05) is 12.6 Å². The van der Waals surface area contributed by atoms with Gasteiger partial charge in [0.25, 0.3) is 5.56 Å². The van der Waals surface area contributed by atoms with Crippen LogP contribution in [0.5, 0.6) is 0 Å². The van der Waals surface area contributed by atoms with Crippen molar-refractivity contribution in [3.05, 3.63) is 30.6 Å². The van der Waals surface area contributed by atoms with Crippen LogP contribution in [0.4, 0.5) is 0 Å². The standard InChI is InChI=1S/C9H11IN2O5/c10-4-2-12(9(16)11-8(4)15)7-1-5(14)6(3-13)17-7/h2,5-7,13-14H,1,3H2,(H,11,15,16)/t5-,6-,7+/m1/s1. The average molecular weight is 354 g/mol. The summed E-state index contributed by atoms with van der Waals surface area (Å²) in [5.41, 5.74) is -1.05. The molecular weight excluding hydrogens is 343 g/mol. The van der Waals surface area contributed by atoms with Gasteiger partial charge in [0.15, 0.2) is 0 Å². The molecular formula is C9H11IN2O5. The smallest absolute Gasteiger partial charge is 0.330 e. The van der Waals surface area contributed by atoms with Gasteiger partial charge in [0.05, 0.1) is 16.3 Å². The highest BCUT2D eigenvalue weighted by atomic mass is 127. The number of aromatic amines is 1. The Morgan fingerprint density at radius 3 is 2.88 bits per heavy atom. The van der Waals surface area contributed by atoms with Crippen LogP contribution in [0, 0.1) is 3.57 Å². The number of nitrogens with one attached hydrogen (secondary N) is 1. The van der Waals surface area contributed by atoms with Gasteiger partial charge in [-0.3, -0.25) is 14.3 Å². The highest BCUT2D eigenvalue weighted by Gasteiger charge is 2.34. The molecule has 0 amide bonds. The van der Waals surface area contributed by atoms with Crippen LogP contribution in [0.1, 0.15) is 12.6 Å². The highest BCUT2D eigenvalue weighted by molar-refractivity contribution is 14.1. The van der Waals surface area contributed by atoms with Crippen LogP contribution >= 0.6 is 22.6 Å². The number of hydrogen-bond donors (Lipinski definition) is 3. The van der Waals surface area contributed by atoms with Crippen LogP contribution in [-0.2, 0) is 4.74 Å². The van der Waals surface area contributed by atoms with Crippen molar-refractivity contribution in [2.24, 2.45) is 0 Å². The Balaban J connectivity index is 2.34. The Kier molecular flexibility index (Phi) is 3.66. The molecule has 1 aromatic rings. The first-order chi connectivity index (χ1) is 8.02. The normalized spacial score (nSPS) is 28.5. The summed E-state index contributed by atoms with van der Waals surface area (Å²) in [4.78, 5) is 24.9. The molecule has 1 aromatic heterocycles. The fourth-order valence-corrected chi connectivity index (χ4v) is 2.16. The maximum absolute atomic E-state index is 11.6. The first-order valence-corrected chi connectivity index (χ1v) is 6.06. The van der Waals surface area contributed by atoms with Crippen LogP contribution in [0.3, 0.4) is 0 Å². The third-order valence-corrected chi connectivity index (χ3v) is 3.39. The maximum Gasteiger partial charge on any atom is 0.330 e. The van der Waals surface area contributed by atoms with Crippen LogP contribution in [0.2, 0.25) is 0 Å². The van der Waals surface area contributed by atoms with Crippen molar-refractivity contribution >= 4 is 22.6 Å². The lowest BCUT2D eigenvalue weighted by atomic mass is 10.2. The molecule has 0 aromatic carbocycles. The number of hydrogen-bond acceptors (Lipinski definition) is 5. The number of H-pyrrole nitrogens is 1. The SMILES string of the molecule is O=c1[nH]c(=O)n([C@@H]2C[C@@H](O)[C@@H](CO)O2)cc1I. The van der Waals surface area contributed by atoms with E-state index in [0.29, 0.717) is 3.57 Å². The molecule has 8 heteroatoms. The predicted molar refractivity (Wildman–Crippen MR) is 65.7 cm³/mol. The van der Waals surface area contributed by atoms with E-state index in [9.17, 15) is 14.7 Å². The van der Waals surface area contributed by atoms with Crippen molar-refractivity contribution in [3.8, 4) is 0 Å². The molecule has 1 saturated heterocycles. The Labute approximate surface area is 109 Å². The minimum Gasteiger partial charge on any atom is -0.394 e. The molecule has 0 saturated carbocycles. The Morgan fingerprint density at radius 1 is 1.59 bits per heavy atom. The average Bonchev–Trinajstić information content (AvgIpc) is 2.65. The third kappa shape index (κ3) is 2.44. The van der Waals surface area contributed by atoms with Crippen molar-refractivity contribution in [2.45, 2.75) is 24.9 Å². The van der Waals surface area contributed by atoms with Crippen molar-refractivity contribution in [3.63, 3.8) is 0 Å². The number of ether oxygens (including phenoxy) is 1. The van der Waals surface area contributed by atoms with E-state index in [1.54, 1.807) is 22.6 Å². The van der Waals surface area contributed by atoms with Crippen LogP contribution in [0.15, 0.2) is 15.8 Å². The topological polar surface area (TPSA) is 105 Å². The van der Waals surface area contributed by atoms with Gasteiger partial charge in [-0.1, -0.05) is 0 Å². The number of rotatable bonds is 2. The molecule has 1 aliphatic rings.